The highest BCUT2D eigenvalue weighted by molar-refractivity contribution is 6.20. The van der Waals surface area contributed by atoms with Crippen LogP contribution < -0.4 is 0 Å². The Hall–Kier alpha value is -0.740. The molecule has 0 aromatic heterocycles. The van der Waals surface area contributed by atoms with E-state index >= 15 is 0 Å². The Labute approximate surface area is 123 Å². The molecule has 1 nitrogen and oxygen atoms in total. The third-order valence-electron chi connectivity index (χ3n) is 2.92. The van der Waals surface area contributed by atoms with Gasteiger partial charge in [-0.25, -0.2) is 0 Å². The fourth-order valence-corrected chi connectivity index (χ4v) is 1.97. The molecule has 20 heavy (non-hydrogen) atoms. The second-order valence-corrected chi connectivity index (χ2v) is 6.32. The Balaban J connectivity index is 2.46. The van der Waals surface area contributed by atoms with Crippen LogP contribution in [-0.4, -0.2) is 19.4 Å². The molecular formula is C15H20ClF3O. The van der Waals surface area contributed by atoms with Crippen molar-refractivity contribution in [2.24, 2.45) is 0 Å². The number of hydrogen-bond donors (Lipinski definition) is 0. The summed E-state index contributed by atoms with van der Waals surface area (Å²) in [7, 11) is 0. The molecule has 1 unspecified atom stereocenters. The smallest absolute Gasteiger partial charge is 0.372 e. The predicted octanol–water partition coefficient (Wildman–Crippen LogP) is 5.23. The number of benzene rings is 1. The van der Waals surface area contributed by atoms with E-state index in [0.717, 1.165) is 5.56 Å². The van der Waals surface area contributed by atoms with Gasteiger partial charge < -0.3 is 4.74 Å². The molecule has 0 N–H and O–H groups in total. The summed E-state index contributed by atoms with van der Waals surface area (Å²) in [5.74, 6) is 0. The van der Waals surface area contributed by atoms with Gasteiger partial charge in [0.05, 0.1) is 5.38 Å². The lowest BCUT2D eigenvalue weighted by atomic mass is 9.86. The van der Waals surface area contributed by atoms with Gasteiger partial charge in [0, 0.05) is 6.61 Å². The highest BCUT2D eigenvalue weighted by Crippen LogP contribution is 2.28. The van der Waals surface area contributed by atoms with Crippen LogP contribution in [0.2, 0.25) is 0 Å². The van der Waals surface area contributed by atoms with Gasteiger partial charge in [-0.15, -0.1) is 11.6 Å². The maximum Gasteiger partial charge on any atom is 0.411 e. The maximum absolute atomic E-state index is 11.9. The largest absolute Gasteiger partial charge is 0.411 e. The van der Waals surface area contributed by atoms with E-state index in [1.807, 2.05) is 24.3 Å². The van der Waals surface area contributed by atoms with Crippen molar-refractivity contribution in [1.29, 1.82) is 0 Å². The molecule has 1 aromatic carbocycles. The van der Waals surface area contributed by atoms with Gasteiger partial charge >= 0.3 is 6.18 Å². The zero-order valence-corrected chi connectivity index (χ0v) is 12.7. The molecule has 1 rings (SSSR count). The standard InChI is InChI=1S/C15H20ClF3O/c1-14(2,3)12-6-4-11(5-7-12)13(16)8-9-20-10-15(17,18)19/h4-7,13H,8-10H2,1-3H3. The zero-order chi connectivity index (χ0) is 15.4. The maximum atomic E-state index is 11.9. The molecule has 0 saturated heterocycles. The van der Waals surface area contributed by atoms with Gasteiger partial charge in [0.15, 0.2) is 0 Å². The second kappa shape index (κ2) is 6.81. The molecule has 0 fully saturated rings. The number of rotatable bonds is 5. The minimum absolute atomic E-state index is 0.00526. The van der Waals surface area contributed by atoms with E-state index in [1.165, 1.54) is 5.56 Å². The molecule has 0 aliphatic rings. The van der Waals surface area contributed by atoms with Crippen LogP contribution in [0.3, 0.4) is 0 Å². The summed E-state index contributed by atoms with van der Waals surface area (Å²) in [6.07, 6.45) is -3.93. The summed E-state index contributed by atoms with van der Waals surface area (Å²) >= 11 is 6.16. The molecule has 1 aromatic rings. The molecule has 5 heteroatoms. The number of halogens is 4. The molecule has 114 valence electrons. The highest BCUT2D eigenvalue weighted by atomic mass is 35.5. The summed E-state index contributed by atoms with van der Waals surface area (Å²) in [4.78, 5) is 0. The highest BCUT2D eigenvalue weighted by Gasteiger charge is 2.27. The first-order valence-electron chi connectivity index (χ1n) is 6.48. The first-order valence-corrected chi connectivity index (χ1v) is 6.92. The Morgan fingerprint density at radius 1 is 1.10 bits per heavy atom. The lowest BCUT2D eigenvalue weighted by Crippen LogP contribution is -2.17. The number of alkyl halides is 4. The summed E-state index contributed by atoms with van der Waals surface area (Å²) in [5, 5.41) is -0.336. The Morgan fingerprint density at radius 3 is 2.10 bits per heavy atom. The van der Waals surface area contributed by atoms with Crippen molar-refractivity contribution in [3.8, 4) is 0 Å². The lowest BCUT2D eigenvalue weighted by Gasteiger charge is -2.20. The number of ether oxygens (including phenoxy) is 1. The van der Waals surface area contributed by atoms with Gasteiger partial charge in [0.2, 0.25) is 0 Å². The fraction of sp³-hybridized carbons (Fsp3) is 0.600. The van der Waals surface area contributed by atoms with E-state index in [0.29, 0.717) is 6.42 Å². The van der Waals surface area contributed by atoms with Crippen molar-refractivity contribution < 1.29 is 17.9 Å². The molecule has 0 amide bonds. The third-order valence-corrected chi connectivity index (χ3v) is 3.39. The van der Waals surface area contributed by atoms with Crippen LogP contribution in [-0.2, 0) is 10.2 Å². The van der Waals surface area contributed by atoms with Crippen LogP contribution in [0.1, 0.15) is 43.7 Å². The normalized spacial score (nSPS) is 14.3. The van der Waals surface area contributed by atoms with Crippen LogP contribution in [0.4, 0.5) is 13.2 Å². The van der Waals surface area contributed by atoms with Gasteiger partial charge in [-0.3, -0.25) is 0 Å². The van der Waals surface area contributed by atoms with Gasteiger partial charge in [0.1, 0.15) is 6.61 Å². The van der Waals surface area contributed by atoms with E-state index in [4.69, 9.17) is 11.6 Å². The van der Waals surface area contributed by atoms with Crippen LogP contribution in [0.25, 0.3) is 0 Å². The molecular weight excluding hydrogens is 289 g/mol. The van der Waals surface area contributed by atoms with Gasteiger partial charge in [-0.2, -0.15) is 13.2 Å². The monoisotopic (exact) mass is 308 g/mol. The Morgan fingerprint density at radius 2 is 1.65 bits per heavy atom. The zero-order valence-electron chi connectivity index (χ0n) is 11.9. The van der Waals surface area contributed by atoms with Gasteiger partial charge in [-0.1, -0.05) is 45.0 Å². The SMILES string of the molecule is CC(C)(C)c1ccc(C(Cl)CCOCC(F)(F)F)cc1. The predicted molar refractivity (Wildman–Crippen MR) is 75.2 cm³/mol. The van der Waals surface area contributed by atoms with Crippen molar-refractivity contribution in [2.45, 2.75) is 44.2 Å². The molecule has 1 atom stereocenters. The van der Waals surface area contributed by atoms with Crippen molar-refractivity contribution in [3.63, 3.8) is 0 Å². The third kappa shape index (κ3) is 6.14. The minimum Gasteiger partial charge on any atom is -0.372 e. The summed E-state index contributed by atoms with van der Waals surface area (Å²) in [6.45, 7) is 5.12. The minimum atomic E-state index is -4.28. The van der Waals surface area contributed by atoms with Crippen LogP contribution in [0, 0.1) is 0 Å². The molecule has 0 aliphatic carbocycles. The first kappa shape index (κ1) is 17.3. The molecule has 0 bridgehead atoms. The molecule has 0 radical (unpaired) electrons. The Bertz CT molecular complexity index is 407. The van der Waals surface area contributed by atoms with E-state index < -0.39 is 12.8 Å². The summed E-state index contributed by atoms with van der Waals surface area (Å²) in [6, 6.07) is 7.84. The van der Waals surface area contributed by atoms with E-state index in [9.17, 15) is 13.2 Å². The van der Waals surface area contributed by atoms with E-state index in [2.05, 4.69) is 25.5 Å². The molecule has 0 heterocycles. The lowest BCUT2D eigenvalue weighted by molar-refractivity contribution is -0.174. The van der Waals surface area contributed by atoms with Crippen LogP contribution >= 0.6 is 11.6 Å². The fourth-order valence-electron chi connectivity index (χ4n) is 1.73. The van der Waals surface area contributed by atoms with Crippen molar-refractivity contribution in [1.82, 2.24) is 0 Å². The second-order valence-electron chi connectivity index (χ2n) is 5.80. The molecule has 0 spiro atoms. The summed E-state index contributed by atoms with van der Waals surface area (Å²) < 4.78 is 40.3. The topological polar surface area (TPSA) is 9.23 Å². The molecule has 0 aliphatic heterocycles. The quantitative estimate of drug-likeness (QED) is 0.534. The average molecular weight is 309 g/mol. The van der Waals surface area contributed by atoms with Crippen molar-refractivity contribution >= 4 is 11.6 Å². The van der Waals surface area contributed by atoms with Crippen molar-refractivity contribution in [2.75, 3.05) is 13.2 Å². The van der Waals surface area contributed by atoms with Crippen molar-refractivity contribution in [3.05, 3.63) is 35.4 Å². The van der Waals surface area contributed by atoms with E-state index in [1.54, 1.807) is 0 Å². The number of hydrogen-bond acceptors (Lipinski definition) is 1. The first-order chi connectivity index (χ1) is 9.09. The Kier molecular flexibility index (Phi) is 5.90. The van der Waals surface area contributed by atoms with Crippen LogP contribution in [0.5, 0.6) is 0 Å². The van der Waals surface area contributed by atoms with Gasteiger partial charge in [0.25, 0.3) is 0 Å². The average Bonchev–Trinajstić information content (AvgIpc) is 2.32. The van der Waals surface area contributed by atoms with Gasteiger partial charge in [-0.05, 0) is 23.0 Å². The van der Waals surface area contributed by atoms with Crippen LogP contribution in [0.15, 0.2) is 24.3 Å². The summed E-state index contributed by atoms with van der Waals surface area (Å²) in [5.41, 5.74) is 2.16. The van der Waals surface area contributed by atoms with E-state index in [-0.39, 0.29) is 17.4 Å². The molecule has 0 saturated carbocycles.